The van der Waals surface area contributed by atoms with Gasteiger partial charge in [-0.15, -0.1) is 11.3 Å². The lowest BCUT2D eigenvalue weighted by Gasteiger charge is -2.13. The summed E-state index contributed by atoms with van der Waals surface area (Å²) >= 11 is 1.47. The van der Waals surface area contributed by atoms with Gasteiger partial charge in [0.25, 0.3) is 5.56 Å². The molecule has 0 radical (unpaired) electrons. The van der Waals surface area contributed by atoms with Gasteiger partial charge in [0.1, 0.15) is 10.7 Å². The van der Waals surface area contributed by atoms with Crippen molar-refractivity contribution in [3.63, 3.8) is 0 Å². The van der Waals surface area contributed by atoms with Crippen molar-refractivity contribution in [2.45, 2.75) is 40.7 Å². The van der Waals surface area contributed by atoms with Crippen LogP contribution in [0, 0.1) is 20.8 Å². The molecule has 3 rings (SSSR count). The van der Waals surface area contributed by atoms with Gasteiger partial charge in [-0.3, -0.25) is 4.79 Å². The number of aryl methyl sites for hydroxylation is 2. The van der Waals surface area contributed by atoms with Crippen molar-refractivity contribution in [2.24, 2.45) is 5.10 Å². The number of aromatic nitrogens is 3. The van der Waals surface area contributed by atoms with Crippen molar-refractivity contribution in [1.82, 2.24) is 14.2 Å². The minimum Gasteiger partial charge on any atom is -0.346 e. The maximum absolute atomic E-state index is 12.5. The quantitative estimate of drug-likeness (QED) is 0.689. The average molecular weight is 328 g/mol. The van der Waals surface area contributed by atoms with Gasteiger partial charge in [0.05, 0.1) is 11.6 Å². The largest absolute Gasteiger partial charge is 0.346 e. The second kappa shape index (κ2) is 5.77. The molecule has 0 saturated heterocycles. The van der Waals surface area contributed by atoms with Crippen LogP contribution in [0.25, 0.3) is 10.2 Å². The molecule has 6 heteroatoms. The molecule has 0 bridgehead atoms. The van der Waals surface area contributed by atoms with Crippen LogP contribution in [0.15, 0.2) is 27.4 Å². The zero-order valence-corrected chi connectivity index (χ0v) is 14.8. The Labute approximate surface area is 138 Å². The summed E-state index contributed by atoms with van der Waals surface area (Å²) in [6, 6.07) is 4.28. The van der Waals surface area contributed by atoms with E-state index in [2.05, 4.69) is 48.4 Å². The second-order valence-electron chi connectivity index (χ2n) is 5.95. The number of rotatable bonds is 3. The van der Waals surface area contributed by atoms with Gasteiger partial charge in [-0.25, -0.2) is 4.98 Å². The first-order valence-electron chi connectivity index (χ1n) is 7.59. The fraction of sp³-hybridized carbons (Fsp3) is 0.353. The highest BCUT2D eigenvalue weighted by molar-refractivity contribution is 7.16. The van der Waals surface area contributed by atoms with E-state index in [-0.39, 0.29) is 5.56 Å². The topological polar surface area (TPSA) is 52.2 Å². The third kappa shape index (κ3) is 2.63. The van der Waals surface area contributed by atoms with Crippen LogP contribution in [0.5, 0.6) is 0 Å². The molecule has 0 N–H and O–H groups in total. The summed E-state index contributed by atoms with van der Waals surface area (Å²) in [5.41, 5.74) is 3.24. The van der Waals surface area contributed by atoms with E-state index in [1.165, 1.54) is 21.7 Å². The van der Waals surface area contributed by atoms with Gasteiger partial charge in [-0.1, -0.05) is 0 Å². The second-order valence-corrected chi connectivity index (χ2v) is 6.84. The molecule has 0 saturated carbocycles. The van der Waals surface area contributed by atoms with E-state index in [1.807, 2.05) is 5.38 Å². The predicted octanol–water partition coefficient (Wildman–Crippen LogP) is 3.65. The molecule has 0 amide bonds. The molecule has 0 atom stereocenters. The predicted molar refractivity (Wildman–Crippen MR) is 95.9 cm³/mol. The zero-order valence-electron chi connectivity index (χ0n) is 14.0. The van der Waals surface area contributed by atoms with Crippen LogP contribution in [-0.2, 0) is 0 Å². The Bertz CT molecular complexity index is 959. The van der Waals surface area contributed by atoms with Crippen molar-refractivity contribution in [2.75, 3.05) is 0 Å². The SMILES string of the molecule is Cc1cc(/C=N\n2c(C)nc3sccc3c2=O)c(C)n1C(C)C. The standard InChI is InChI=1S/C17H20N4OS/c1-10(2)20-11(3)8-14(12(20)4)9-18-21-13(5)19-16-15(17(21)22)6-7-23-16/h6-10H,1-5H3/b18-9-. The molecule has 3 heterocycles. The fourth-order valence-electron chi connectivity index (χ4n) is 2.99. The van der Waals surface area contributed by atoms with E-state index in [0.717, 1.165) is 16.1 Å². The summed E-state index contributed by atoms with van der Waals surface area (Å²) in [6.07, 6.45) is 1.75. The maximum atomic E-state index is 12.5. The molecule has 0 unspecified atom stereocenters. The van der Waals surface area contributed by atoms with E-state index >= 15 is 0 Å². The van der Waals surface area contributed by atoms with E-state index in [1.54, 1.807) is 19.2 Å². The number of hydrogen-bond acceptors (Lipinski definition) is 4. The van der Waals surface area contributed by atoms with Gasteiger partial charge >= 0.3 is 0 Å². The molecule has 0 aliphatic carbocycles. The minimum absolute atomic E-state index is 0.123. The number of hydrogen-bond donors (Lipinski definition) is 0. The van der Waals surface area contributed by atoms with Crippen LogP contribution in [0.4, 0.5) is 0 Å². The Morgan fingerprint density at radius 2 is 2.04 bits per heavy atom. The average Bonchev–Trinajstić information content (AvgIpc) is 3.03. The highest BCUT2D eigenvalue weighted by atomic mass is 32.1. The van der Waals surface area contributed by atoms with Crippen molar-refractivity contribution in [3.05, 3.63) is 50.6 Å². The molecule has 23 heavy (non-hydrogen) atoms. The Morgan fingerprint density at radius 3 is 2.70 bits per heavy atom. The van der Waals surface area contributed by atoms with Crippen molar-refractivity contribution in [1.29, 1.82) is 0 Å². The normalized spacial score (nSPS) is 12.1. The molecular weight excluding hydrogens is 308 g/mol. The molecule has 5 nitrogen and oxygen atoms in total. The summed E-state index contributed by atoms with van der Waals surface area (Å²) in [4.78, 5) is 17.7. The number of thiophene rings is 1. The van der Waals surface area contributed by atoms with Crippen LogP contribution in [0.1, 0.15) is 42.7 Å². The van der Waals surface area contributed by atoms with Gasteiger partial charge in [0.15, 0.2) is 0 Å². The number of nitrogens with zero attached hydrogens (tertiary/aromatic N) is 4. The molecule has 0 aromatic carbocycles. The van der Waals surface area contributed by atoms with E-state index in [0.29, 0.717) is 17.3 Å². The first kappa shape index (κ1) is 15.7. The lowest BCUT2D eigenvalue weighted by molar-refractivity contribution is 0.574. The lowest BCUT2D eigenvalue weighted by Crippen LogP contribution is -2.19. The van der Waals surface area contributed by atoms with Crippen molar-refractivity contribution >= 4 is 27.8 Å². The molecular formula is C17H20N4OS. The van der Waals surface area contributed by atoms with Crippen LogP contribution >= 0.6 is 11.3 Å². The van der Waals surface area contributed by atoms with Crippen LogP contribution in [0.2, 0.25) is 0 Å². The van der Waals surface area contributed by atoms with Crippen molar-refractivity contribution in [3.8, 4) is 0 Å². The van der Waals surface area contributed by atoms with Gasteiger partial charge in [-0.05, 0) is 52.1 Å². The summed E-state index contributed by atoms with van der Waals surface area (Å²) in [5, 5.41) is 6.88. The number of fused-ring (bicyclic) bond motifs is 1. The van der Waals surface area contributed by atoms with E-state index < -0.39 is 0 Å². The Kier molecular flexibility index (Phi) is 3.93. The van der Waals surface area contributed by atoms with Crippen LogP contribution in [-0.4, -0.2) is 20.4 Å². The Hall–Kier alpha value is -2.21. The first-order chi connectivity index (χ1) is 10.9. The lowest BCUT2D eigenvalue weighted by atomic mass is 10.2. The third-order valence-corrected chi connectivity index (χ3v) is 4.80. The smallest absolute Gasteiger partial charge is 0.282 e. The highest BCUT2D eigenvalue weighted by Gasteiger charge is 2.11. The van der Waals surface area contributed by atoms with Crippen LogP contribution < -0.4 is 5.56 Å². The van der Waals surface area contributed by atoms with Gasteiger partial charge in [0.2, 0.25) is 0 Å². The first-order valence-corrected chi connectivity index (χ1v) is 8.47. The van der Waals surface area contributed by atoms with E-state index in [9.17, 15) is 4.79 Å². The Morgan fingerprint density at radius 1 is 1.30 bits per heavy atom. The molecule has 0 fully saturated rings. The molecule has 0 aliphatic rings. The summed E-state index contributed by atoms with van der Waals surface area (Å²) in [6.45, 7) is 10.3. The highest BCUT2D eigenvalue weighted by Crippen LogP contribution is 2.19. The molecule has 3 aromatic heterocycles. The summed E-state index contributed by atoms with van der Waals surface area (Å²) in [7, 11) is 0. The zero-order chi connectivity index (χ0) is 16.7. The van der Waals surface area contributed by atoms with E-state index in [4.69, 9.17) is 0 Å². The minimum atomic E-state index is -0.123. The Balaban J connectivity index is 2.08. The van der Waals surface area contributed by atoms with Crippen LogP contribution in [0.3, 0.4) is 0 Å². The third-order valence-electron chi connectivity index (χ3n) is 3.99. The fourth-order valence-corrected chi connectivity index (χ4v) is 3.79. The van der Waals surface area contributed by atoms with Crippen molar-refractivity contribution < 1.29 is 0 Å². The molecule has 3 aromatic rings. The van der Waals surface area contributed by atoms with Gasteiger partial charge in [0, 0.05) is 23.0 Å². The van der Waals surface area contributed by atoms with Gasteiger partial charge in [-0.2, -0.15) is 9.78 Å². The molecule has 120 valence electrons. The molecule has 0 spiro atoms. The monoisotopic (exact) mass is 328 g/mol. The van der Waals surface area contributed by atoms with Gasteiger partial charge < -0.3 is 4.57 Å². The molecule has 0 aliphatic heterocycles. The summed E-state index contributed by atoms with van der Waals surface area (Å²) in [5.74, 6) is 0.596. The summed E-state index contributed by atoms with van der Waals surface area (Å²) < 4.78 is 3.63. The maximum Gasteiger partial charge on any atom is 0.282 e.